The number of benzene rings is 2. The Morgan fingerprint density at radius 2 is 1.76 bits per heavy atom. The van der Waals surface area contributed by atoms with Crippen molar-refractivity contribution >= 4 is 5.78 Å². The van der Waals surface area contributed by atoms with E-state index in [4.69, 9.17) is 4.74 Å². The van der Waals surface area contributed by atoms with Crippen molar-refractivity contribution in [1.82, 2.24) is 0 Å². The van der Waals surface area contributed by atoms with Crippen LogP contribution < -0.4 is 4.74 Å². The average Bonchev–Trinajstić information content (AvgIpc) is 2.74. The Hall–Kier alpha value is -2.17. The van der Waals surface area contributed by atoms with E-state index in [1.54, 1.807) is 7.11 Å². The zero-order valence-electron chi connectivity index (χ0n) is 17.6. The maximum Gasteiger partial charge on any atom is 0.163 e. The molecule has 2 aromatic rings. The van der Waals surface area contributed by atoms with Gasteiger partial charge in [-0.1, -0.05) is 29.8 Å². The van der Waals surface area contributed by atoms with Crippen molar-refractivity contribution < 1.29 is 19.1 Å². The molecule has 2 aromatic carbocycles. The van der Waals surface area contributed by atoms with Crippen molar-refractivity contribution in [3.8, 4) is 5.75 Å². The molecule has 0 aliphatic carbocycles. The number of fused-ring (bicyclic) bond motifs is 3. The van der Waals surface area contributed by atoms with Gasteiger partial charge in [0.15, 0.2) is 5.78 Å². The molecule has 1 N–H and O–H groups in total. The lowest BCUT2D eigenvalue weighted by atomic mass is 9.70. The number of piperidine rings is 3. The summed E-state index contributed by atoms with van der Waals surface area (Å²) in [6.45, 7) is 6.06. The molecule has 3 aliphatic heterocycles. The van der Waals surface area contributed by atoms with Gasteiger partial charge in [0, 0.05) is 37.2 Å². The second-order valence-corrected chi connectivity index (χ2v) is 8.99. The van der Waals surface area contributed by atoms with Crippen molar-refractivity contribution in [2.45, 2.75) is 38.2 Å². The highest BCUT2D eigenvalue weighted by Crippen LogP contribution is 2.46. The summed E-state index contributed by atoms with van der Waals surface area (Å²) in [5.74, 6) is 1.31. The molecular formula is C25H32NO3+. The summed E-state index contributed by atoms with van der Waals surface area (Å²) in [5, 5.41) is 11.6. The second kappa shape index (κ2) is 7.92. The van der Waals surface area contributed by atoms with Crippen LogP contribution in [0.15, 0.2) is 48.5 Å². The fourth-order valence-corrected chi connectivity index (χ4v) is 5.36. The van der Waals surface area contributed by atoms with Gasteiger partial charge < -0.3 is 14.3 Å². The van der Waals surface area contributed by atoms with Crippen LogP contribution in [0.1, 0.15) is 47.2 Å². The number of aryl methyl sites for hydroxylation is 1. The van der Waals surface area contributed by atoms with E-state index in [-0.39, 0.29) is 5.78 Å². The zero-order valence-corrected chi connectivity index (χ0v) is 17.6. The zero-order chi connectivity index (χ0) is 20.5. The van der Waals surface area contributed by atoms with Crippen molar-refractivity contribution in [2.24, 2.45) is 5.92 Å². The minimum atomic E-state index is -0.732. The van der Waals surface area contributed by atoms with Crippen LogP contribution in [-0.4, -0.2) is 48.7 Å². The van der Waals surface area contributed by atoms with Crippen LogP contribution in [0, 0.1) is 12.8 Å². The Balaban J connectivity index is 1.40. The SMILES string of the molecule is COc1ccc(C(=O)CCC[N+]23CCC(CC2)C(O)(c2ccc(C)cc2)C3)cc1. The van der Waals surface area contributed by atoms with Crippen LogP contribution in [0.3, 0.4) is 0 Å². The third-order valence-electron chi connectivity index (χ3n) is 7.16. The Bertz CT molecular complexity index is 851. The highest BCUT2D eigenvalue weighted by molar-refractivity contribution is 5.96. The predicted molar refractivity (Wildman–Crippen MR) is 114 cm³/mol. The molecule has 3 aliphatic rings. The molecule has 1 atom stereocenters. The lowest BCUT2D eigenvalue weighted by molar-refractivity contribution is -0.952. The van der Waals surface area contributed by atoms with Gasteiger partial charge in [0.25, 0.3) is 0 Å². The molecule has 3 heterocycles. The molecule has 3 fully saturated rings. The van der Waals surface area contributed by atoms with Crippen molar-refractivity contribution in [3.63, 3.8) is 0 Å². The first-order valence-corrected chi connectivity index (χ1v) is 10.8. The number of nitrogens with zero attached hydrogens (tertiary/aromatic N) is 1. The van der Waals surface area contributed by atoms with Gasteiger partial charge in [0.1, 0.15) is 17.9 Å². The molecule has 2 bridgehead atoms. The van der Waals surface area contributed by atoms with Gasteiger partial charge in [-0.2, -0.15) is 0 Å². The molecule has 5 rings (SSSR count). The minimum absolute atomic E-state index is 0.187. The van der Waals surface area contributed by atoms with E-state index in [1.807, 2.05) is 24.3 Å². The topological polar surface area (TPSA) is 46.5 Å². The van der Waals surface area contributed by atoms with E-state index in [0.29, 0.717) is 12.3 Å². The average molecular weight is 395 g/mol. The molecule has 1 unspecified atom stereocenters. The van der Waals surface area contributed by atoms with Gasteiger partial charge >= 0.3 is 0 Å². The molecule has 0 aromatic heterocycles. The monoisotopic (exact) mass is 394 g/mol. The van der Waals surface area contributed by atoms with E-state index in [9.17, 15) is 9.90 Å². The number of Topliss-reactive ketones (excluding diaryl/α,β-unsaturated/α-hetero) is 1. The number of carbonyl (C=O) groups is 1. The fraction of sp³-hybridized carbons (Fsp3) is 0.480. The number of aliphatic hydroxyl groups is 1. The van der Waals surface area contributed by atoms with Gasteiger partial charge in [-0.15, -0.1) is 0 Å². The lowest BCUT2D eigenvalue weighted by Gasteiger charge is -2.56. The Kier molecular flexibility index (Phi) is 5.50. The molecule has 0 spiro atoms. The van der Waals surface area contributed by atoms with E-state index >= 15 is 0 Å². The standard InChI is InChI=1S/C25H32NO3/c1-19-5-9-21(10-6-19)25(28)18-26(16-13-22(25)14-17-26)15-3-4-24(27)20-7-11-23(29-2)12-8-20/h5-12,22,28H,3-4,13-18H2,1-2H3/q+1. The number of ether oxygens (including phenoxy) is 1. The Labute approximate surface area is 173 Å². The molecule has 4 nitrogen and oxygen atoms in total. The van der Waals surface area contributed by atoms with Gasteiger partial charge in [-0.05, 0) is 36.8 Å². The normalized spacial score (nSPS) is 28.3. The van der Waals surface area contributed by atoms with Gasteiger partial charge in [0.05, 0.1) is 26.7 Å². The molecule has 0 radical (unpaired) electrons. The number of ketones is 1. The number of hydrogen-bond donors (Lipinski definition) is 1. The lowest BCUT2D eigenvalue weighted by Crippen LogP contribution is -2.67. The van der Waals surface area contributed by atoms with Crippen molar-refractivity contribution in [1.29, 1.82) is 0 Å². The third-order valence-corrected chi connectivity index (χ3v) is 7.16. The Morgan fingerprint density at radius 1 is 1.10 bits per heavy atom. The van der Waals surface area contributed by atoms with Crippen molar-refractivity contribution in [2.75, 3.05) is 33.3 Å². The van der Waals surface area contributed by atoms with Gasteiger partial charge in [-0.3, -0.25) is 4.79 Å². The summed E-state index contributed by atoms with van der Waals surface area (Å²) in [7, 11) is 1.63. The first-order chi connectivity index (χ1) is 13.9. The van der Waals surface area contributed by atoms with Crippen LogP contribution in [0.25, 0.3) is 0 Å². The van der Waals surface area contributed by atoms with E-state index in [1.165, 1.54) is 5.56 Å². The summed E-state index contributed by atoms with van der Waals surface area (Å²) in [6.07, 6.45) is 3.55. The number of rotatable bonds is 7. The highest BCUT2D eigenvalue weighted by atomic mass is 16.5. The third kappa shape index (κ3) is 3.96. The summed E-state index contributed by atoms with van der Waals surface area (Å²) in [6, 6.07) is 15.8. The molecule has 154 valence electrons. The van der Waals surface area contributed by atoms with Crippen LogP contribution in [0.5, 0.6) is 5.75 Å². The molecule has 0 saturated carbocycles. The quantitative estimate of drug-likeness (QED) is 0.568. The minimum Gasteiger partial charge on any atom is -0.497 e. The Morgan fingerprint density at radius 3 is 2.38 bits per heavy atom. The summed E-state index contributed by atoms with van der Waals surface area (Å²) < 4.78 is 6.11. The molecule has 0 amide bonds. The van der Waals surface area contributed by atoms with E-state index in [2.05, 4.69) is 31.2 Å². The molecular weight excluding hydrogens is 362 g/mol. The van der Waals surface area contributed by atoms with Gasteiger partial charge in [0.2, 0.25) is 0 Å². The van der Waals surface area contributed by atoms with Crippen molar-refractivity contribution in [3.05, 3.63) is 65.2 Å². The summed E-state index contributed by atoms with van der Waals surface area (Å²) >= 11 is 0. The van der Waals surface area contributed by atoms with Crippen LogP contribution >= 0.6 is 0 Å². The van der Waals surface area contributed by atoms with Crippen LogP contribution in [-0.2, 0) is 5.60 Å². The number of methoxy groups -OCH3 is 1. The molecule has 4 heteroatoms. The number of carbonyl (C=O) groups excluding carboxylic acids is 1. The number of quaternary nitrogens is 1. The van der Waals surface area contributed by atoms with E-state index in [0.717, 1.165) is 66.8 Å². The molecule has 29 heavy (non-hydrogen) atoms. The number of hydrogen-bond acceptors (Lipinski definition) is 3. The smallest absolute Gasteiger partial charge is 0.163 e. The first kappa shape index (κ1) is 20.1. The highest BCUT2D eigenvalue weighted by Gasteiger charge is 2.54. The summed E-state index contributed by atoms with van der Waals surface area (Å²) in [4.78, 5) is 12.6. The van der Waals surface area contributed by atoms with E-state index < -0.39 is 5.60 Å². The van der Waals surface area contributed by atoms with Crippen LogP contribution in [0.2, 0.25) is 0 Å². The largest absolute Gasteiger partial charge is 0.497 e. The second-order valence-electron chi connectivity index (χ2n) is 8.99. The predicted octanol–water partition coefficient (Wildman–Crippen LogP) is 4.09. The fourth-order valence-electron chi connectivity index (χ4n) is 5.36. The first-order valence-electron chi connectivity index (χ1n) is 10.8. The molecule has 3 saturated heterocycles. The maximum absolute atomic E-state index is 12.6. The maximum atomic E-state index is 12.6. The van der Waals surface area contributed by atoms with Gasteiger partial charge in [-0.25, -0.2) is 0 Å². The summed E-state index contributed by atoms with van der Waals surface area (Å²) in [5.41, 5.74) is 2.30. The van der Waals surface area contributed by atoms with Crippen LogP contribution in [0.4, 0.5) is 0 Å².